The van der Waals surface area contributed by atoms with Crippen molar-refractivity contribution in [1.82, 2.24) is 10.6 Å². The molecule has 112 valence electrons. The molecule has 2 heterocycles. The van der Waals surface area contributed by atoms with Gasteiger partial charge in [0.15, 0.2) is 9.84 Å². The van der Waals surface area contributed by atoms with Crippen LogP contribution in [0.15, 0.2) is 30.3 Å². The molecule has 4 nitrogen and oxygen atoms in total. The first kappa shape index (κ1) is 15.8. The van der Waals surface area contributed by atoms with E-state index in [1.54, 1.807) is 0 Å². The molecule has 20 heavy (non-hydrogen) atoms. The summed E-state index contributed by atoms with van der Waals surface area (Å²) >= 11 is 0. The van der Waals surface area contributed by atoms with Crippen LogP contribution in [0.2, 0.25) is 0 Å². The van der Waals surface area contributed by atoms with E-state index in [0.29, 0.717) is 23.6 Å². The zero-order valence-corrected chi connectivity index (χ0v) is 12.9. The lowest BCUT2D eigenvalue weighted by Crippen LogP contribution is -2.56. The molecule has 2 atom stereocenters. The van der Waals surface area contributed by atoms with E-state index in [-0.39, 0.29) is 18.4 Å². The quantitative estimate of drug-likeness (QED) is 0.882. The van der Waals surface area contributed by atoms with Crippen LogP contribution in [-0.4, -0.2) is 38.6 Å². The van der Waals surface area contributed by atoms with E-state index >= 15 is 0 Å². The SMILES string of the molecule is Cl.O=S1(=O)CC(N[C@H]2CCN[C@H](c3ccccc3)C2)C1. The van der Waals surface area contributed by atoms with Crippen LogP contribution in [0.3, 0.4) is 0 Å². The summed E-state index contributed by atoms with van der Waals surface area (Å²) in [5, 5.41) is 7.02. The van der Waals surface area contributed by atoms with E-state index < -0.39 is 9.84 Å². The van der Waals surface area contributed by atoms with Gasteiger partial charge in [-0.25, -0.2) is 8.42 Å². The molecular formula is C14H21ClN2O2S. The predicted molar refractivity (Wildman–Crippen MR) is 83.0 cm³/mol. The van der Waals surface area contributed by atoms with E-state index in [1.807, 2.05) is 6.07 Å². The zero-order valence-electron chi connectivity index (χ0n) is 11.3. The minimum atomic E-state index is -2.73. The standard InChI is InChI=1S/C14H20N2O2S.ClH/c17-19(18)9-13(10-19)16-12-6-7-15-14(8-12)11-4-2-1-3-5-11;/h1-5,12-16H,6-10H2;1H/t12-,14-;/m0./s1. The van der Waals surface area contributed by atoms with Gasteiger partial charge in [0.1, 0.15) is 0 Å². The Morgan fingerprint density at radius 1 is 1.10 bits per heavy atom. The highest BCUT2D eigenvalue weighted by atomic mass is 35.5. The number of hydrogen-bond donors (Lipinski definition) is 2. The van der Waals surface area contributed by atoms with Gasteiger partial charge >= 0.3 is 0 Å². The number of halogens is 1. The Bertz CT molecular complexity index is 523. The molecule has 0 radical (unpaired) electrons. The molecule has 0 amide bonds. The number of hydrogen-bond acceptors (Lipinski definition) is 4. The second-order valence-electron chi connectivity index (χ2n) is 5.58. The Morgan fingerprint density at radius 3 is 2.45 bits per heavy atom. The molecule has 0 spiro atoms. The van der Waals surface area contributed by atoms with Crippen molar-refractivity contribution in [3.63, 3.8) is 0 Å². The Hall–Kier alpha value is -0.620. The van der Waals surface area contributed by atoms with Crippen molar-refractivity contribution in [2.75, 3.05) is 18.1 Å². The van der Waals surface area contributed by atoms with Crippen molar-refractivity contribution in [2.45, 2.75) is 31.0 Å². The van der Waals surface area contributed by atoms with Crippen LogP contribution in [0, 0.1) is 0 Å². The molecule has 0 saturated carbocycles. The van der Waals surface area contributed by atoms with Crippen LogP contribution >= 0.6 is 12.4 Å². The molecule has 2 aliphatic heterocycles. The lowest BCUT2D eigenvalue weighted by molar-refractivity contribution is 0.305. The van der Waals surface area contributed by atoms with Crippen LogP contribution < -0.4 is 10.6 Å². The number of piperidine rings is 1. The van der Waals surface area contributed by atoms with Gasteiger partial charge in [-0.2, -0.15) is 0 Å². The highest BCUT2D eigenvalue weighted by Gasteiger charge is 2.35. The highest BCUT2D eigenvalue weighted by molar-refractivity contribution is 7.92. The second-order valence-corrected chi connectivity index (χ2v) is 7.73. The molecule has 2 N–H and O–H groups in total. The van der Waals surface area contributed by atoms with Gasteiger partial charge < -0.3 is 10.6 Å². The summed E-state index contributed by atoms with van der Waals surface area (Å²) < 4.78 is 22.3. The molecule has 3 rings (SSSR count). The summed E-state index contributed by atoms with van der Waals surface area (Å²) in [5.74, 6) is 0.625. The van der Waals surface area contributed by atoms with Crippen molar-refractivity contribution in [2.24, 2.45) is 0 Å². The minimum Gasteiger partial charge on any atom is -0.310 e. The van der Waals surface area contributed by atoms with Gasteiger partial charge in [0.05, 0.1) is 11.5 Å². The van der Waals surface area contributed by atoms with Crippen molar-refractivity contribution < 1.29 is 8.42 Å². The van der Waals surface area contributed by atoms with Crippen LogP contribution in [0.4, 0.5) is 0 Å². The molecule has 2 aliphatic rings. The topological polar surface area (TPSA) is 58.2 Å². The lowest BCUT2D eigenvalue weighted by atomic mass is 9.93. The van der Waals surface area contributed by atoms with Gasteiger partial charge in [-0.15, -0.1) is 12.4 Å². The summed E-state index contributed by atoms with van der Waals surface area (Å²) in [6, 6.07) is 11.4. The first-order valence-electron chi connectivity index (χ1n) is 6.87. The number of rotatable bonds is 3. The Labute approximate surface area is 126 Å². The third-order valence-corrected chi connectivity index (χ3v) is 5.81. The highest BCUT2D eigenvalue weighted by Crippen LogP contribution is 2.24. The van der Waals surface area contributed by atoms with Gasteiger partial charge in [0.25, 0.3) is 0 Å². The molecule has 1 aromatic carbocycles. The number of sulfone groups is 1. The smallest absolute Gasteiger partial charge is 0.153 e. The summed E-state index contributed by atoms with van der Waals surface area (Å²) in [5.41, 5.74) is 1.32. The average Bonchev–Trinajstić information content (AvgIpc) is 2.38. The van der Waals surface area contributed by atoms with Gasteiger partial charge in [-0.05, 0) is 24.9 Å². The van der Waals surface area contributed by atoms with Crippen LogP contribution in [0.25, 0.3) is 0 Å². The van der Waals surface area contributed by atoms with Gasteiger partial charge in [-0.3, -0.25) is 0 Å². The normalized spacial score (nSPS) is 29.2. The largest absolute Gasteiger partial charge is 0.310 e. The third kappa shape index (κ3) is 3.73. The van der Waals surface area contributed by atoms with Crippen molar-refractivity contribution in [1.29, 1.82) is 0 Å². The lowest BCUT2D eigenvalue weighted by Gasteiger charge is -2.36. The molecule has 0 aliphatic carbocycles. The average molecular weight is 317 g/mol. The first-order valence-corrected chi connectivity index (χ1v) is 8.69. The molecule has 0 aromatic heterocycles. The van der Waals surface area contributed by atoms with Crippen molar-refractivity contribution in [3.05, 3.63) is 35.9 Å². The fraction of sp³-hybridized carbons (Fsp3) is 0.571. The maximum atomic E-state index is 11.2. The van der Waals surface area contributed by atoms with E-state index in [4.69, 9.17) is 0 Å². The molecular weight excluding hydrogens is 296 g/mol. The van der Waals surface area contributed by atoms with Crippen LogP contribution in [0.1, 0.15) is 24.4 Å². The van der Waals surface area contributed by atoms with Crippen molar-refractivity contribution in [3.8, 4) is 0 Å². The molecule has 2 saturated heterocycles. The molecule has 2 fully saturated rings. The van der Waals surface area contributed by atoms with E-state index in [9.17, 15) is 8.42 Å². The Balaban J connectivity index is 0.00000147. The fourth-order valence-corrected chi connectivity index (χ4v) is 4.32. The van der Waals surface area contributed by atoms with Crippen LogP contribution in [0.5, 0.6) is 0 Å². The third-order valence-electron chi connectivity index (χ3n) is 3.99. The second kappa shape index (κ2) is 6.43. The van der Waals surface area contributed by atoms with E-state index in [2.05, 4.69) is 34.9 Å². The maximum Gasteiger partial charge on any atom is 0.153 e. The van der Waals surface area contributed by atoms with E-state index in [0.717, 1.165) is 19.4 Å². The van der Waals surface area contributed by atoms with Gasteiger partial charge in [0.2, 0.25) is 0 Å². The van der Waals surface area contributed by atoms with Crippen molar-refractivity contribution >= 4 is 22.2 Å². The number of benzene rings is 1. The summed E-state index contributed by atoms with van der Waals surface area (Å²) in [7, 11) is -2.73. The van der Waals surface area contributed by atoms with Gasteiger partial charge in [0, 0.05) is 18.1 Å². The summed E-state index contributed by atoms with van der Waals surface area (Å²) in [6.45, 7) is 0.983. The minimum absolute atomic E-state index is 0. The monoisotopic (exact) mass is 316 g/mol. The Kier molecular flexibility index (Phi) is 5.07. The molecule has 0 unspecified atom stereocenters. The molecule has 1 aromatic rings. The summed E-state index contributed by atoms with van der Waals surface area (Å²) in [4.78, 5) is 0. The first-order chi connectivity index (χ1) is 9.12. The van der Waals surface area contributed by atoms with E-state index in [1.165, 1.54) is 5.56 Å². The fourth-order valence-electron chi connectivity index (χ4n) is 3.00. The summed E-state index contributed by atoms with van der Waals surface area (Å²) in [6.07, 6.45) is 2.10. The van der Waals surface area contributed by atoms with Gasteiger partial charge in [-0.1, -0.05) is 30.3 Å². The Morgan fingerprint density at radius 2 is 1.80 bits per heavy atom. The van der Waals surface area contributed by atoms with Crippen LogP contribution in [-0.2, 0) is 9.84 Å². The predicted octanol–water partition coefficient (Wildman–Crippen LogP) is 1.29. The molecule has 6 heteroatoms. The molecule has 0 bridgehead atoms. The maximum absolute atomic E-state index is 11.2. The zero-order chi connectivity index (χ0) is 13.3. The number of nitrogens with one attached hydrogen (secondary N) is 2.